The van der Waals surface area contributed by atoms with Crippen LogP contribution in [0.15, 0.2) is 0 Å². The lowest BCUT2D eigenvalue weighted by Crippen LogP contribution is -2.56. The molecule has 0 aliphatic carbocycles. The van der Waals surface area contributed by atoms with Crippen LogP contribution in [0.3, 0.4) is 0 Å². The van der Waals surface area contributed by atoms with Gasteiger partial charge in [0.1, 0.15) is 0 Å². The van der Waals surface area contributed by atoms with Crippen molar-refractivity contribution in [1.29, 1.82) is 0 Å². The van der Waals surface area contributed by atoms with Crippen LogP contribution in [0.1, 0.15) is 20.3 Å². The van der Waals surface area contributed by atoms with E-state index in [0.29, 0.717) is 0 Å². The smallest absolute Gasteiger partial charge is 0.396 e. The van der Waals surface area contributed by atoms with Gasteiger partial charge in [-0.15, -0.1) is 0 Å². The van der Waals surface area contributed by atoms with Crippen molar-refractivity contribution in [2.75, 3.05) is 0 Å². The summed E-state index contributed by atoms with van der Waals surface area (Å²) in [5.41, 5.74) is -3.47. The molecule has 0 heterocycles. The van der Waals surface area contributed by atoms with E-state index < -0.39 is 39.3 Å². The SMILES string of the molecule is CC(C)(CC(F)(F)F)C(F)(F)C(F)(F)S(=O)(=O)[O-]. The van der Waals surface area contributed by atoms with Gasteiger partial charge in [-0.05, 0) is 0 Å². The molecule has 18 heavy (non-hydrogen) atoms. The van der Waals surface area contributed by atoms with E-state index in [-0.39, 0.29) is 13.8 Å². The van der Waals surface area contributed by atoms with Crippen molar-refractivity contribution in [3.05, 3.63) is 0 Å². The minimum atomic E-state index is -6.80. The summed E-state index contributed by atoms with van der Waals surface area (Å²) in [6.45, 7) is 0.194. The Morgan fingerprint density at radius 1 is 0.944 bits per heavy atom. The second-order valence-electron chi connectivity index (χ2n) is 4.22. The van der Waals surface area contributed by atoms with Gasteiger partial charge in [0.25, 0.3) is 0 Å². The molecule has 11 heteroatoms. The van der Waals surface area contributed by atoms with Gasteiger partial charge in [0, 0.05) is 5.41 Å². The average molecular weight is 305 g/mol. The van der Waals surface area contributed by atoms with Gasteiger partial charge in [-0.25, -0.2) is 8.42 Å². The number of rotatable bonds is 4. The second-order valence-corrected chi connectivity index (χ2v) is 5.64. The third-order valence-electron chi connectivity index (χ3n) is 2.17. The fourth-order valence-corrected chi connectivity index (χ4v) is 1.75. The quantitative estimate of drug-likeness (QED) is 0.593. The molecule has 110 valence electrons. The van der Waals surface area contributed by atoms with E-state index in [1.165, 1.54) is 0 Å². The zero-order valence-corrected chi connectivity index (χ0v) is 9.80. The van der Waals surface area contributed by atoms with Gasteiger partial charge >= 0.3 is 17.4 Å². The van der Waals surface area contributed by atoms with Gasteiger partial charge in [0.05, 0.1) is 6.42 Å². The minimum absolute atomic E-state index is 0.0968. The molecule has 0 saturated heterocycles. The first-order valence-electron chi connectivity index (χ1n) is 4.23. The Labute approximate surface area is 97.7 Å². The van der Waals surface area contributed by atoms with Crippen molar-refractivity contribution in [3.63, 3.8) is 0 Å². The van der Waals surface area contributed by atoms with E-state index in [2.05, 4.69) is 0 Å². The van der Waals surface area contributed by atoms with Gasteiger partial charge in [-0.1, -0.05) is 13.8 Å². The van der Waals surface area contributed by atoms with Crippen molar-refractivity contribution < 1.29 is 43.7 Å². The first kappa shape index (κ1) is 17.4. The van der Waals surface area contributed by atoms with Crippen LogP contribution in [-0.2, 0) is 10.1 Å². The maximum atomic E-state index is 13.2. The highest BCUT2D eigenvalue weighted by Crippen LogP contribution is 2.53. The van der Waals surface area contributed by atoms with Crippen molar-refractivity contribution in [1.82, 2.24) is 0 Å². The third kappa shape index (κ3) is 3.05. The average Bonchev–Trinajstić information content (AvgIpc) is 1.95. The first-order chi connectivity index (χ1) is 7.46. The van der Waals surface area contributed by atoms with E-state index in [0.717, 1.165) is 0 Å². The molecule has 0 fully saturated rings. The summed E-state index contributed by atoms with van der Waals surface area (Å²) in [7, 11) is -6.80. The number of hydrogen-bond acceptors (Lipinski definition) is 3. The molecule has 0 saturated carbocycles. The van der Waals surface area contributed by atoms with Crippen LogP contribution in [0.5, 0.6) is 0 Å². The highest BCUT2D eigenvalue weighted by Gasteiger charge is 2.70. The minimum Gasteiger partial charge on any atom is -0.743 e. The fraction of sp³-hybridized carbons (Fsp3) is 1.00. The Balaban J connectivity index is 5.65. The normalized spacial score (nSPS) is 15.9. The molecule has 0 atom stereocenters. The standard InChI is InChI=1S/C7H9F7O3S/c1-4(2,3-5(8,9)10)6(11,12)7(13,14)18(15,16)17/h3H2,1-2H3,(H,15,16,17)/p-1. The highest BCUT2D eigenvalue weighted by atomic mass is 32.2. The number of hydrogen-bond donors (Lipinski definition) is 0. The van der Waals surface area contributed by atoms with Gasteiger partial charge in [0.2, 0.25) is 0 Å². The van der Waals surface area contributed by atoms with Gasteiger partial charge < -0.3 is 4.55 Å². The molecule has 3 nitrogen and oxygen atoms in total. The Bertz CT molecular complexity index is 409. The summed E-state index contributed by atoms with van der Waals surface area (Å²) in [6.07, 6.45) is -7.60. The Hall–Kier alpha value is -0.580. The molecular weight excluding hydrogens is 297 g/mol. The first-order valence-corrected chi connectivity index (χ1v) is 5.64. The summed E-state index contributed by atoms with van der Waals surface area (Å²) in [6, 6.07) is 0. The second kappa shape index (κ2) is 4.22. The van der Waals surface area contributed by atoms with Crippen molar-refractivity contribution >= 4 is 10.1 Å². The molecule has 0 aromatic carbocycles. The fourth-order valence-electron chi connectivity index (χ4n) is 1.16. The maximum Gasteiger partial charge on any atom is 0.396 e. The largest absolute Gasteiger partial charge is 0.743 e. The Morgan fingerprint density at radius 3 is 1.50 bits per heavy atom. The van der Waals surface area contributed by atoms with Crippen molar-refractivity contribution in [2.45, 2.75) is 37.6 Å². The van der Waals surface area contributed by atoms with Gasteiger partial charge in [-0.3, -0.25) is 0 Å². The molecule has 0 amide bonds. The highest BCUT2D eigenvalue weighted by molar-refractivity contribution is 7.86. The third-order valence-corrected chi connectivity index (χ3v) is 3.06. The Morgan fingerprint density at radius 2 is 1.28 bits per heavy atom. The zero-order chi connectivity index (χ0) is 15.2. The molecule has 0 aliphatic rings. The summed E-state index contributed by atoms with van der Waals surface area (Å²) < 4.78 is 118. The molecule has 0 bridgehead atoms. The van der Waals surface area contributed by atoms with Crippen LogP contribution < -0.4 is 0 Å². The predicted octanol–water partition coefficient (Wildman–Crippen LogP) is 2.74. The zero-order valence-electron chi connectivity index (χ0n) is 8.99. The van der Waals surface area contributed by atoms with Crippen LogP contribution in [-0.4, -0.2) is 30.3 Å². The molecule has 0 unspecified atom stereocenters. The summed E-state index contributed by atoms with van der Waals surface area (Å²) in [5.74, 6) is -5.67. The lowest BCUT2D eigenvalue weighted by atomic mass is 9.82. The van der Waals surface area contributed by atoms with E-state index in [4.69, 9.17) is 0 Å². The Kier molecular flexibility index (Phi) is 4.08. The van der Waals surface area contributed by atoms with E-state index in [1.54, 1.807) is 0 Å². The lowest BCUT2D eigenvalue weighted by Gasteiger charge is -2.39. The predicted molar refractivity (Wildman–Crippen MR) is 44.0 cm³/mol. The number of alkyl halides is 7. The van der Waals surface area contributed by atoms with Crippen LogP contribution in [0.2, 0.25) is 0 Å². The summed E-state index contributed by atoms with van der Waals surface area (Å²) in [5, 5.41) is -6.13. The molecule has 0 aliphatic heterocycles. The lowest BCUT2D eigenvalue weighted by molar-refractivity contribution is -0.254. The van der Waals surface area contributed by atoms with E-state index in [9.17, 15) is 43.7 Å². The molecule has 0 N–H and O–H groups in total. The monoisotopic (exact) mass is 305 g/mol. The molecule has 0 spiro atoms. The maximum absolute atomic E-state index is 13.2. The topological polar surface area (TPSA) is 57.2 Å². The van der Waals surface area contributed by atoms with Crippen LogP contribution in [0.25, 0.3) is 0 Å². The molecule has 0 rings (SSSR count). The van der Waals surface area contributed by atoms with Crippen LogP contribution >= 0.6 is 0 Å². The van der Waals surface area contributed by atoms with Crippen molar-refractivity contribution in [3.8, 4) is 0 Å². The number of halogens is 7. The van der Waals surface area contributed by atoms with Crippen LogP contribution in [0.4, 0.5) is 30.7 Å². The van der Waals surface area contributed by atoms with Crippen molar-refractivity contribution in [2.24, 2.45) is 5.41 Å². The molecular formula is C7H8F7O3S-. The van der Waals surface area contributed by atoms with Gasteiger partial charge in [0.15, 0.2) is 10.1 Å². The summed E-state index contributed by atoms with van der Waals surface area (Å²) >= 11 is 0. The van der Waals surface area contributed by atoms with Crippen LogP contribution in [0, 0.1) is 5.41 Å². The summed E-state index contributed by atoms with van der Waals surface area (Å²) in [4.78, 5) is 0. The van der Waals surface area contributed by atoms with Gasteiger partial charge in [-0.2, -0.15) is 30.7 Å². The van der Waals surface area contributed by atoms with E-state index in [1.807, 2.05) is 0 Å². The molecule has 0 radical (unpaired) electrons. The molecule has 0 aromatic rings. The van der Waals surface area contributed by atoms with E-state index >= 15 is 0 Å². The molecule has 0 aromatic heterocycles.